The van der Waals surface area contributed by atoms with E-state index < -0.39 is 0 Å². The Bertz CT molecular complexity index is 3040. The Hall–Kier alpha value is -7.24. The summed E-state index contributed by atoms with van der Waals surface area (Å²) in [6.45, 7) is 2.16. The summed E-state index contributed by atoms with van der Waals surface area (Å²) in [6, 6.07) is 63.6. The molecule has 55 heavy (non-hydrogen) atoms. The zero-order valence-corrected chi connectivity index (χ0v) is 30.3. The zero-order valence-electron chi connectivity index (χ0n) is 30.3. The Balaban J connectivity index is 1.16. The number of hydrogen-bond acceptors (Lipinski definition) is 4. The highest BCUT2D eigenvalue weighted by atomic mass is 15.1. The highest BCUT2D eigenvalue weighted by molar-refractivity contribution is 6.13. The van der Waals surface area contributed by atoms with E-state index in [-0.39, 0.29) is 0 Å². The van der Waals surface area contributed by atoms with Gasteiger partial charge in [0, 0.05) is 28.8 Å². The predicted molar refractivity (Wildman–Crippen MR) is 226 cm³/mol. The predicted octanol–water partition coefficient (Wildman–Crippen LogP) is 12.4. The van der Waals surface area contributed by atoms with E-state index >= 15 is 0 Å². The quantitative estimate of drug-likeness (QED) is 0.155. The second-order valence-electron chi connectivity index (χ2n) is 13.7. The normalized spacial score (nSPS) is 11.4. The molecule has 0 radical (unpaired) electrons. The molecule has 10 rings (SSSR count). The summed E-state index contributed by atoms with van der Waals surface area (Å²) in [5, 5.41) is 4.63. The molecule has 0 aliphatic rings. The third-order valence-electron chi connectivity index (χ3n) is 10.4. The highest BCUT2D eigenvalue weighted by Gasteiger charge is 2.20. The third kappa shape index (κ3) is 5.74. The minimum Gasteiger partial charge on any atom is -0.296 e. The van der Waals surface area contributed by atoms with Crippen molar-refractivity contribution in [1.82, 2.24) is 24.5 Å². The molecule has 10 aromatic rings. The monoisotopic (exact) mass is 705 g/mol. The second-order valence-corrected chi connectivity index (χ2v) is 13.7. The first kappa shape index (κ1) is 32.4. The summed E-state index contributed by atoms with van der Waals surface area (Å²) in [5.74, 6) is 2.93. The Morgan fingerprint density at radius 1 is 0.400 bits per heavy atom. The minimum atomic E-state index is 0.623. The number of para-hydroxylation sites is 2. The molecule has 0 amide bonds. The molecule has 0 fully saturated rings. The summed E-state index contributed by atoms with van der Waals surface area (Å²) in [7, 11) is 0. The van der Waals surface area contributed by atoms with E-state index in [1.54, 1.807) is 0 Å². The van der Waals surface area contributed by atoms with Gasteiger partial charge in [0.1, 0.15) is 5.82 Å². The van der Waals surface area contributed by atoms with Gasteiger partial charge in [0.25, 0.3) is 0 Å². The first-order valence-corrected chi connectivity index (χ1v) is 18.7. The molecule has 0 N–H and O–H groups in total. The molecule has 0 saturated heterocycles. The standard InChI is InChI=1S/C50H35N5/c1-2-47-51-45-29-14-15-30-46(45)55(47)36-21-16-20-34(31-36)37-23-8-9-24-39(37)41-26-12-13-28-43(41)49-52-48(33-17-4-3-5-18-33)53-50(54-49)44-32-35-19-6-7-22-38(35)40-25-10-11-27-42(40)44/h3-32H,2H2,1H3. The van der Waals surface area contributed by atoms with Crippen LogP contribution < -0.4 is 0 Å². The molecule has 0 aliphatic carbocycles. The van der Waals surface area contributed by atoms with E-state index in [9.17, 15) is 0 Å². The molecule has 0 spiro atoms. The fourth-order valence-electron chi connectivity index (χ4n) is 7.87. The van der Waals surface area contributed by atoms with Gasteiger partial charge in [-0.2, -0.15) is 0 Å². The molecule has 0 atom stereocenters. The maximum atomic E-state index is 5.31. The SMILES string of the molecule is CCc1nc2ccccc2n1-c1cccc(-c2ccccc2-c2ccccc2-c2nc(-c3ccccc3)nc(-c3cc4ccccc4c4ccccc34)n2)c1. The number of hydrogen-bond donors (Lipinski definition) is 0. The molecular weight excluding hydrogens is 671 g/mol. The topological polar surface area (TPSA) is 56.5 Å². The van der Waals surface area contributed by atoms with Crippen molar-refractivity contribution in [3.63, 3.8) is 0 Å². The van der Waals surface area contributed by atoms with Crippen molar-refractivity contribution < 1.29 is 0 Å². The van der Waals surface area contributed by atoms with E-state index in [1.807, 2.05) is 24.3 Å². The molecule has 5 heteroatoms. The Morgan fingerprint density at radius 2 is 0.982 bits per heavy atom. The van der Waals surface area contributed by atoms with Crippen molar-refractivity contribution in [1.29, 1.82) is 0 Å². The first-order chi connectivity index (χ1) is 27.2. The van der Waals surface area contributed by atoms with Gasteiger partial charge in [0.2, 0.25) is 0 Å². The molecule has 0 aliphatic heterocycles. The number of aryl methyl sites for hydroxylation is 1. The van der Waals surface area contributed by atoms with Gasteiger partial charge < -0.3 is 0 Å². The first-order valence-electron chi connectivity index (χ1n) is 18.7. The van der Waals surface area contributed by atoms with Gasteiger partial charge in [-0.05, 0) is 74.1 Å². The number of nitrogens with zero attached hydrogens (tertiary/aromatic N) is 5. The van der Waals surface area contributed by atoms with Crippen molar-refractivity contribution in [3.05, 3.63) is 188 Å². The lowest BCUT2D eigenvalue weighted by Gasteiger charge is -2.16. The van der Waals surface area contributed by atoms with Gasteiger partial charge in [-0.1, -0.05) is 159 Å². The van der Waals surface area contributed by atoms with Crippen molar-refractivity contribution in [2.45, 2.75) is 13.3 Å². The van der Waals surface area contributed by atoms with Gasteiger partial charge in [0.15, 0.2) is 17.5 Å². The van der Waals surface area contributed by atoms with Gasteiger partial charge >= 0.3 is 0 Å². The summed E-state index contributed by atoms with van der Waals surface area (Å²) in [6.07, 6.45) is 0.830. The lowest BCUT2D eigenvalue weighted by molar-refractivity contribution is 0.908. The molecule has 5 nitrogen and oxygen atoms in total. The van der Waals surface area contributed by atoms with Crippen molar-refractivity contribution in [2.75, 3.05) is 0 Å². The Morgan fingerprint density at radius 3 is 1.78 bits per heavy atom. The third-order valence-corrected chi connectivity index (χ3v) is 10.4. The van der Waals surface area contributed by atoms with Crippen molar-refractivity contribution >= 4 is 32.6 Å². The van der Waals surface area contributed by atoms with Crippen LogP contribution in [-0.2, 0) is 6.42 Å². The van der Waals surface area contributed by atoms with Crippen LogP contribution in [0.2, 0.25) is 0 Å². The molecule has 2 heterocycles. The molecule has 2 aromatic heterocycles. The van der Waals surface area contributed by atoms with E-state index in [4.69, 9.17) is 19.9 Å². The van der Waals surface area contributed by atoms with Crippen molar-refractivity contribution in [3.8, 4) is 62.1 Å². The van der Waals surface area contributed by atoms with Crippen LogP contribution in [0, 0.1) is 0 Å². The fourth-order valence-corrected chi connectivity index (χ4v) is 7.87. The summed E-state index contributed by atoms with van der Waals surface area (Å²) in [5.41, 5.74) is 10.4. The lowest BCUT2D eigenvalue weighted by Crippen LogP contribution is -2.02. The second kappa shape index (κ2) is 13.6. The Kier molecular flexibility index (Phi) is 8.03. The smallest absolute Gasteiger partial charge is 0.164 e. The number of benzene rings is 8. The lowest BCUT2D eigenvalue weighted by atomic mass is 9.91. The molecule has 0 unspecified atom stereocenters. The number of fused-ring (bicyclic) bond motifs is 4. The van der Waals surface area contributed by atoms with Crippen LogP contribution in [-0.4, -0.2) is 24.5 Å². The number of rotatable bonds is 7. The molecule has 260 valence electrons. The van der Waals surface area contributed by atoms with Crippen LogP contribution in [0.5, 0.6) is 0 Å². The van der Waals surface area contributed by atoms with E-state index in [0.29, 0.717) is 17.5 Å². The zero-order chi connectivity index (χ0) is 36.7. The van der Waals surface area contributed by atoms with Crippen LogP contribution >= 0.6 is 0 Å². The van der Waals surface area contributed by atoms with Gasteiger partial charge in [-0.15, -0.1) is 0 Å². The van der Waals surface area contributed by atoms with E-state index in [0.717, 1.165) is 78.7 Å². The molecular formula is C50H35N5. The van der Waals surface area contributed by atoms with Crippen LogP contribution in [0.1, 0.15) is 12.7 Å². The fraction of sp³-hybridized carbons (Fsp3) is 0.0400. The van der Waals surface area contributed by atoms with Crippen LogP contribution in [0.25, 0.3) is 94.7 Å². The molecule has 0 saturated carbocycles. The van der Waals surface area contributed by atoms with Gasteiger partial charge in [0.05, 0.1) is 11.0 Å². The summed E-state index contributed by atoms with van der Waals surface area (Å²) >= 11 is 0. The number of imidazole rings is 1. The van der Waals surface area contributed by atoms with Crippen LogP contribution in [0.3, 0.4) is 0 Å². The highest BCUT2D eigenvalue weighted by Crippen LogP contribution is 2.40. The largest absolute Gasteiger partial charge is 0.296 e. The van der Waals surface area contributed by atoms with E-state index in [2.05, 4.69) is 169 Å². The van der Waals surface area contributed by atoms with Crippen LogP contribution in [0.4, 0.5) is 0 Å². The number of aromatic nitrogens is 5. The average molecular weight is 706 g/mol. The summed E-state index contributed by atoms with van der Waals surface area (Å²) in [4.78, 5) is 20.6. The Labute approximate surface area is 319 Å². The molecule has 8 aromatic carbocycles. The van der Waals surface area contributed by atoms with Crippen LogP contribution in [0.15, 0.2) is 182 Å². The van der Waals surface area contributed by atoms with Gasteiger partial charge in [-0.3, -0.25) is 4.57 Å². The van der Waals surface area contributed by atoms with E-state index in [1.165, 1.54) is 10.8 Å². The maximum Gasteiger partial charge on any atom is 0.164 e. The molecule has 0 bridgehead atoms. The van der Waals surface area contributed by atoms with Crippen molar-refractivity contribution in [2.24, 2.45) is 0 Å². The average Bonchev–Trinajstić information content (AvgIpc) is 3.65. The minimum absolute atomic E-state index is 0.623. The van der Waals surface area contributed by atoms with Gasteiger partial charge in [-0.25, -0.2) is 19.9 Å². The maximum absolute atomic E-state index is 5.31. The summed E-state index contributed by atoms with van der Waals surface area (Å²) < 4.78 is 2.28.